The Balaban J connectivity index is 1.99. The van der Waals surface area contributed by atoms with Gasteiger partial charge in [0.1, 0.15) is 11.7 Å². The second-order valence-corrected chi connectivity index (χ2v) is 7.10. The largest absolute Gasteiger partial charge is 0.480 e. The molecular weight excluding hydrogens is 308 g/mol. The molecule has 2 heterocycles. The van der Waals surface area contributed by atoms with Gasteiger partial charge in [0.25, 0.3) is 5.91 Å². The Bertz CT molecular complexity index is 706. The van der Waals surface area contributed by atoms with E-state index in [1.807, 2.05) is 0 Å². The molecule has 1 amide bonds. The molecule has 1 aromatic heterocycles. The van der Waals surface area contributed by atoms with Gasteiger partial charge in [-0.05, 0) is 51.5 Å². The summed E-state index contributed by atoms with van der Waals surface area (Å²) in [5, 5.41) is 9.59. The van der Waals surface area contributed by atoms with E-state index in [0.717, 1.165) is 25.7 Å². The molecular formula is C18H24N2O4. The third kappa shape index (κ3) is 2.54. The first kappa shape index (κ1) is 16.7. The summed E-state index contributed by atoms with van der Waals surface area (Å²) in [4.78, 5) is 41.2. The van der Waals surface area contributed by atoms with Gasteiger partial charge in [-0.15, -0.1) is 0 Å². The van der Waals surface area contributed by atoms with E-state index in [4.69, 9.17) is 0 Å². The van der Waals surface area contributed by atoms with Crippen molar-refractivity contribution in [2.75, 3.05) is 0 Å². The maximum atomic E-state index is 13.1. The summed E-state index contributed by atoms with van der Waals surface area (Å²) in [6.45, 7) is 4.99. The fourth-order valence-electron chi connectivity index (χ4n) is 4.59. The highest BCUT2D eigenvalue weighted by Gasteiger charge is 2.48. The Morgan fingerprint density at radius 2 is 1.83 bits per heavy atom. The normalized spacial score (nSPS) is 26.3. The lowest BCUT2D eigenvalue weighted by Gasteiger charge is -2.32. The smallest absolute Gasteiger partial charge is 0.326 e. The van der Waals surface area contributed by atoms with Crippen LogP contribution in [0.25, 0.3) is 0 Å². The van der Waals surface area contributed by atoms with Crippen LogP contribution in [-0.2, 0) is 4.79 Å². The van der Waals surface area contributed by atoms with E-state index in [0.29, 0.717) is 28.9 Å². The first-order valence-electron chi connectivity index (χ1n) is 8.58. The molecule has 2 fully saturated rings. The standard InChI is InChI=1S/C18H24N2O4/c1-9-15(11(3)21)10(2)19-16(9)17(22)20-13-7-5-4-6-12(13)8-14(20)18(23)24/h12-14,19H,4-8H2,1-3H3,(H,23,24). The molecule has 6 nitrogen and oxygen atoms in total. The third-order valence-electron chi connectivity index (χ3n) is 5.61. The van der Waals surface area contributed by atoms with E-state index in [-0.39, 0.29) is 23.7 Å². The summed E-state index contributed by atoms with van der Waals surface area (Å²) >= 11 is 0. The number of carbonyl (C=O) groups excluding carboxylic acids is 2. The highest BCUT2D eigenvalue weighted by atomic mass is 16.4. The number of carboxylic acids is 1. The molecule has 0 radical (unpaired) electrons. The fraction of sp³-hybridized carbons (Fsp3) is 0.611. The van der Waals surface area contributed by atoms with Gasteiger partial charge in [-0.2, -0.15) is 0 Å². The summed E-state index contributed by atoms with van der Waals surface area (Å²) in [6.07, 6.45) is 4.51. The van der Waals surface area contributed by atoms with E-state index >= 15 is 0 Å². The van der Waals surface area contributed by atoms with Crippen LogP contribution in [0.3, 0.4) is 0 Å². The first-order valence-corrected chi connectivity index (χ1v) is 8.58. The van der Waals surface area contributed by atoms with Crippen LogP contribution in [0.1, 0.15) is 71.1 Å². The van der Waals surface area contributed by atoms with Crippen LogP contribution in [0.15, 0.2) is 0 Å². The molecule has 1 aliphatic heterocycles. The molecule has 0 bridgehead atoms. The number of hydrogen-bond donors (Lipinski definition) is 2. The molecule has 3 atom stereocenters. The number of carboxylic acid groups (broad SMARTS) is 1. The third-order valence-corrected chi connectivity index (χ3v) is 5.61. The second kappa shape index (κ2) is 6.07. The minimum Gasteiger partial charge on any atom is -0.480 e. The molecule has 24 heavy (non-hydrogen) atoms. The van der Waals surface area contributed by atoms with Crippen LogP contribution in [0.2, 0.25) is 0 Å². The van der Waals surface area contributed by atoms with Gasteiger partial charge in [0.05, 0.1) is 0 Å². The molecule has 2 aliphatic rings. The van der Waals surface area contributed by atoms with Crippen LogP contribution < -0.4 is 0 Å². The van der Waals surface area contributed by atoms with Crippen molar-refractivity contribution < 1.29 is 19.5 Å². The maximum absolute atomic E-state index is 13.1. The van der Waals surface area contributed by atoms with Crippen molar-refractivity contribution in [1.29, 1.82) is 0 Å². The van der Waals surface area contributed by atoms with Gasteiger partial charge >= 0.3 is 5.97 Å². The van der Waals surface area contributed by atoms with E-state index in [2.05, 4.69) is 4.98 Å². The quantitative estimate of drug-likeness (QED) is 0.833. The highest BCUT2D eigenvalue weighted by molar-refractivity contribution is 6.03. The van der Waals surface area contributed by atoms with Gasteiger partial charge in [-0.3, -0.25) is 9.59 Å². The van der Waals surface area contributed by atoms with Crippen LogP contribution >= 0.6 is 0 Å². The molecule has 1 aliphatic carbocycles. The molecule has 2 N–H and O–H groups in total. The zero-order valence-electron chi connectivity index (χ0n) is 14.4. The number of likely N-dealkylation sites (tertiary alicyclic amines) is 1. The summed E-state index contributed by atoms with van der Waals surface area (Å²) in [7, 11) is 0. The number of aliphatic carboxylic acids is 1. The number of hydrogen-bond acceptors (Lipinski definition) is 3. The van der Waals surface area contributed by atoms with Crippen molar-refractivity contribution in [3.63, 3.8) is 0 Å². The number of Topliss-reactive ketones (excluding diaryl/α,β-unsaturated/α-hetero) is 1. The number of fused-ring (bicyclic) bond motifs is 1. The van der Waals surface area contributed by atoms with Gasteiger partial charge in [0, 0.05) is 17.3 Å². The monoisotopic (exact) mass is 332 g/mol. The van der Waals surface area contributed by atoms with Crippen LogP contribution in [-0.4, -0.2) is 44.7 Å². The molecule has 0 aromatic carbocycles. The van der Waals surface area contributed by atoms with E-state index in [9.17, 15) is 19.5 Å². The zero-order chi connectivity index (χ0) is 17.6. The summed E-state index contributed by atoms with van der Waals surface area (Å²) < 4.78 is 0. The predicted octanol–water partition coefficient (Wildman–Crippen LogP) is 2.69. The lowest BCUT2D eigenvalue weighted by atomic mass is 9.84. The number of H-pyrrole nitrogens is 1. The molecule has 1 saturated heterocycles. The second-order valence-electron chi connectivity index (χ2n) is 7.10. The zero-order valence-corrected chi connectivity index (χ0v) is 14.4. The van der Waals surface area contributed by atoms with E-state index in [1.54, 1.807) is 18.7 Å². The SMILES string of the molecule is CC(=O)c1c(C)[nH]c(C(=O)N2C(C(=O)O)CC3CCCCC32)c1C. The van der Waals surface area contributed by atoms with Gasteiger partial charge in [0.2, 0.25) is 0 Å². The Kier molecular flexibility index (Phi) is 4.24. The summed E-state index contributed by atoms with van der Waals surface area (Å²) in [5.74, 6) is -1.05. The first-order chi connectivity index (χ1) is 11.3. The number of ketones is 1. The van der Waals surface area contributed by atoms with Crippen molar-refractivity contribution in [2.24, 2.45) is 5.92 Å². The molecule has 130 valence electrons. The molecule has 1 saturated carbocycles. The fourth-order valence-corrected chi connectivity index (χ4v) is 4.59. The molecule has 6 heteroatoms. The van der Waals surface area contributed by atoms with Crippen molar-refractivity contribution in [1.82, 2.24) is 9.88 Å². The molecule has 0 spiro atoms. The van der Waals surface area contributed by atoms with Crippen molar-refractivity contribution in [2.45, 2.75) is 65.0 Å². The predicted molar refractivity (Wildman–Crippen MR) is 88.2 cm³/mol. The Morgan fingerprint density at radius 1 is 1.17 bits per heavy atom. The van der Waals surface area contributed by atoms with Crippen molar-refractivity contribution in [3.8, 4) is 0 Å². The number of rotatable bonds is 3. The maximum Gasteiger partial charge on any atom is 0.326 e. The highest BCUT2D eigenvalue weighted by Crippen LogP contribution is 2.40. The van der Waals surface area contributed by atoms with Crippen LogP contribution in [0.5, 0.6) is 0 Å². The Hall–Kier alpha value is -2.11. The average Bonchev–Trinajstić information content (AvgIpc) is 3.04. The minimum atomic E-state index is -0.939. The minimum absolute atomic E-state index is 0.00358. The number of aromatic amines is 1. The number of amides is 1. The average molecular weight is 332 g/mol. The number of nitrogens with one attached hydrogen (secondary N) is 1. The van der Waals surface area contributed by atoms with Gasteiger partial charge in [-0.1, -0.05) is 12.8 Å². The van der Waals surface area contributed by atoms with Crippen LogP contribution in [0, 0.1) is 19.8 Å². The Morgan fingerprint density at radius 3 is 2.42 bits per heavy atom. The van der Waals surface area contributed by atoms with E-state index < -0.39 is 12.0 Å². The summed E-state index contributed by atoms with van der Waals surface area (Å²) in [6, 6.07) is -0.773. The molecule has 3 unspecified atom stereocenters. The number of carbonyl (C=O) groups is 3. The summed E-state index contributed by atoms with van der Waals surface area (Å²) in [5.41, 5.74) is 2.17. The van der Waals surface area contributed by atoms with Crippen LogP contribution in [0.4, 0.5) is 0 Å². The Labute approximate surface area is 141 Å². The topological polar surface area (TPSA) is 90.5 Å². The number of aryl methyl sites for hydroxylation is 1. The van der Waals surface area contributed by atoms with Crippen molar-refractivity contribution >= 4 is 17.7 Å². The van der Waals surface area contributed by atoms with Gasteiger partial charge in [0.15, 0.2) is 5.78 Å². The lowest BCUT2D eigenvalue weighted by molar-refractivity contribution is -0.141. The van der Waals surface area contributed by atoms with Crippen molar-refractivity contribution in [3.05, 3.63) is 22.5 Å². The van der Waals surface area contributed by atoms with E-state index in [1.165, 1.54) is 6.92 Å². The number of aromatic nitrogens is 1. The lowest BCUT2D eigenvalue weighted by Crippen LogP contribution is -2.46. The number of nitrogens with zero attached hydrogens (tertiary/aromatic N) is 1. The molecule has 3 rings (SSSR count). The molecule has 1 aromatic rings. The van der Waals surface area contributed by atoms with Gasteiger partial charge in [-0.25, -0.2) is 4.79 Å². The van der Waals surface area contributed by atoms with Gasteiger partial charge < -0.3 is 15.0 Å².